The van der Waals surface area contributed by atoms with E-state index in [4.69, 9.17) is 4.74 Å². The molecule has 0 aromatic rings. The molecular formula is C12H22N2O2. The van der Waals surface area contributed by atoms with E-state index in [1.165, 1.54) is 20.0 Å². The van der Waals surface area contributed by atoms with Crippen LogP contribution in [0.25, 0.3) is 0 Å². The van der Waals surface area contributed by atoms with Gasteiger partial charge in [-0.15, -0.1) is 0 Å². The summed E-state index contributed by atoms with van der Waals surface area (Å²) in [4.78, 5) is 13.7. The van der Waals surface area contributed by atoms with Gasteiger partial charge in [0, 0.05) is 25.7 Å². The average molecular weight is 226 g/mol. The summed E-state index contributed by atoms with van der Waals surface area (Å²) in [5.41, 5.74) is 0. The Bertz CT molecular complexity index is 243. The lowest BCUT2D eigenvalue weighted by Crippen LogP contribution is -2.41. The van der Waals surface area contributed by atoms with Gasteiger partial charge in [0.15, 0.2) is 0 Å². The summed E-state index contributed by atoms with van der Waals surface area (Å²) in [5, 5.41) is 3.57. The van der Waals surface area contributed by atoms with Crippen LogP contribution in [0.1, 0.15) is 19.8 Å². The molecule has 0 radical (unpaired) electrons. The Morgan fingerprint density at radius 3 is 3.06 bits per heavy atom. The lowest BCUT2D eigenvalue weighted by atomic mass is 9.94. The Kier molecular flexibility index (Phi) is 3.82. The third-order valence-electron chi connectivity index (χ3n) is 3.81. The summed E-state index contributed by atoms with van der Waals surface area (Å²) in [6, 6.07) is 0.651. The highest BCUT2D eigenvalue weighted by molar-refractivity contribution is 5.72. The second kappa shape index (κ2) is 5.15. The number of nitrogens with zero attached hydrogens (tertiary/aromatic N) is 1. The molecule has 16 heavy (non-hydrogen) atoms. The number of hydrogen-bond donors (Lipinski definition) is 1. The molecule has 2 aliphatic heterocycles. The van der Waals surface area contributed by atoms with Crippen molar-refractivity contribution in [3.8, 4) is 0 Å². The van der Waals surface area contributed by atoms with E-state index in [2.05, 4.69) is 10.2 Å². The zero-order valence-corrected chi connectivity index (χ0v) is 10.2. The predicted octanol–water partition coefficient (Wildman–Crippen LogP) is 0.479. The third-order valence-corrected chi connectivity index (χ3v) is 3.81. The number of nitrogens with one attached hydrogen (secondary N) is 1. The first-order valence-electron chi connectivity index (χ1n) is 6.24. The fourth-order valence-electron chi connectivity index (χ4n) is 2.95. The van der Waals surface area contributed by atoms with Crippen LogP contribution in [0, 0.1) is 11.8 Å². The van der Waals surface area contributed by atoms with E-state index >= 15 is 0 Å². The van der Waals surface area contributed by atoms with Crippen LogP contribution in [0.15, 0.2) is 0 Å². The first kappa shape index (κ1) is 11.9. The van der Waals surface area contributed by atoms with Crippen molar-refractivity contribution < 1.29 is 9.53 Å². The maximum absolute atomic E-state index is 11.3. The molecule has 0 aromatic heterocycles. The van der Waals surface area contributed by atoms with Gasteiger partial charge in [0.05, 0.1) is 13.0 Å². The zero-order chi connectivity index (χ0) is 11.5. The van der Waals surface area contributed by atoms with E-state index < -0.39 is 0 Å². The summed E-state index contributed by atoms with van der Waals surface area (Å²) >= 11 is 0. The minimum absolute atomic E-state index is 0.00912. The number of hydrogen-bond acceptors (Lipinski definition) is 4. The van der Waals surface area contributed by atoms with Gasteiger partial charge < -0.3 is 15.0 Å². The molecule has 0 aromatic carbocycles. The summed E-state index contributed by atoms with van der Waals surface area (Å²) in [6.07, 6.45) is 2.63. The second-order valence-corrected chi connectivity index (χ2v) is 5.11. The minimum atomic E-state index is -0.0946. The largest absolute Gasteiger partial charge is 0.469 e. The average Bonchev–Trinajstić information content (AvgIpc) is 2.69. The van der Waals surface area contributed by atoms with Crippen molar-refractivity contribution in [1.82, 2.24) is 10.2 Å². The Hall–Kier alpha value is -0.610. The van der Waals surface area contributed by atoms with Crippen molar-refractivity contribution in [1.29, 1.82) is 0 Å². The van der Waals surface area contributed by atoms with Gasteiger partial charge in [-0.25, -0.2) is 0 Å². The molecular weight excluding hydrogens is 204 g/mol. The van der Waals surface area contributed by atoms with E-state index in [0.717, 1.165) is 32.1 Å². The fraction of sp³-hybridized carbons (Fsp3) is 0.917. The molecule has 2 saturated heterocycles. The highest BCUT2D eigenvalue weighted by Gasteiger charge is 2.35. The summed E-state index contributed by atoms with van der Waals surface area (Å²) < 4.78 is 4.76. The second-order valence-electron chi connectivity index (χ2n) is 5.11. The first-order valence-corrected chi connectivity index (χ1v) is 6.24. The van der Waals surface area contributed by atoms with Crippen LogP contribution < -0.4 is 5.32 Å². The number of carbonyl (C=O) groups excluding carboxylic acids is 1. The fourth-order valence-corrected chi connectivity index (χ4v) is 2.95. The molecule has 2 aliphatic rings. The van der Waals surface area contributed by atoms with E-state index in [1.807, 2.05) is 6.92 Å². The van der Waals surface area contributed by atoms with Crippen molar-refractivity contribution in [2.45, 2.75) is 25.8 Å². The van der Waals surface area contributed by atoms with E-state index in [0.29, 0.717) is 6.04 Å². The van der Waals surface area contributed by atoms with Crippen molar-refractivity contribution in [2.75, 3.05) is 33.3 Å². The van der Waals surface area contributed by atoms with Crippen LogP contribution in [0.2, 0.25) is 0 Å². The number of fused-ring (bicyclic) bond motifs is 1. The number of likely N-dealkylation sites (tertiary alicyclic amines) is 1. The van der Waals surface area contributed by atoms with Crippen molar-refractivity contribution in [2.24, 2.45) is 11.8 Å². The summed E-state index contributed by atoms with van der Waals surface area (Å²) in [7, 11) is 1.46. The Balaban J connectivity index is 1.81. The highest BCUT2D eigenvalue weighted by Crippen LogP contribution is 2.25. The van der Waals surface area contributed by atoms with Crippen LogP contribution in [0.3, 0.4) is 0 Å². The standard InChI is InChI=1S/C12H22N2O2/c1-9(12(15)16-2)6-14-7-10-4-3-5-13-11(10)8-14/h9-11,13H,3-8H2,1-2H3/t9?,10-,11+/m0/s1. The van der Waals surface area contributed by atoms with Crippen LogP contribution >= 0.6 is 0 Å². The molecule has 1 N–H and O–H groups in total. The summed E-state index contributed by atoms with van der Waals surface area (Å²) in [5.74, 6) is 0.687. The van der Waals surface area contributed by atoms with E-state index in [-0.39, 0.29) is 11.9 Å². The van der Waals surface area contributed by atoms with Crippen molar-refractivity contribution >= 4 is 5.97 Å². The van der Waals surface area contributed by atoms with Gasteiger partial charge >= 0.3 is 5.97 Å². The number of piperidine rings is 1. The molecule has 0 aliphatic carbocycles. The van der Waals surface area contributed by atoms with Crippen LogP contribution in [0.4, 0.5) is 0 Å². The lowest BCUT2D eigenvalue weighted by Gasteiger charge is -2.24. The van der Waals surface area contributed by atoms with Crippen LogP contribution in [-0.2, 0) is 9.53 Å². The van der Waals surface area contributed by atoms with Gasteiger partial charge in [0.2, 0.25) is 0 Å². The molecule has 0 spiro atoms. The Labute approximate surface area is 97.3 Å². The molecule has 1 unspecified atom stereocenters. The number of rotatable bonds is 3. The van der Waals surface area contributed by atoms with Crippen molar-refractivity contribution in [3.63, 3.8) is 0 Å². The molecule has 2 heterocycles. The molecule has 0 bridgehead atoms. The quantitative estimate of drug-likeness (QED) is 0.711. The van der Waals surface area contributed by atoms with Crippen molar-refractivity contribution in [3.05, 3.63) is 0 Å². The molecule has 3 atom stereocenters. The monoisotopic (exact) mass is 226 g/mol. The van der Waals surface area contributed by atoms with Crippen LogP contribution in [0.5, 0.6) is 0 Å². The molecule has 92 valence electrons. The van der Waals surface area contributed by atoms with Gasteiger partial charge in [0.1, 0.15) is 0 Å². The van der Waals surface area contributed by atoms with Crippen LogP contribution in [-0.4, -0.2) is 50.2 Å². The van der Waals surface area contributed by atoms with E-state index in [1.54, 1.807) is 0 Å². The normalized spacial score (nSPS) is 32.1. The number of ether oxygens (including phenoxy) is 1. The maximum atomic E-state index is 11.3. The molecule has 2 fully saturated rings. The van der Waals surface area contributed by atoms with Gasteiger partial charge in [-0.05, 0) is 25.3 Å². The van der Waals surface area contributed by atoms with E-state index in [9.17, 15) is 4.79 Å². The van der Waals surface area contributed by atoms with Gasteiger partial charge in [-0.1, -0.05) is 6.92 Å². The summed E-state index contributed by atoms with van der Waals surface area (Å²) in [6.45, 7) is 6.16. The van der Waals surface area contributed by atoms with Gasteiger partial charge in [-0.2, -0.15) is 0 Å². The minimum Gasteiger partial charge on any atom is -0.469 e. The first-order chi connectivity index (χ1) is 7.70. The van der Waals surface area contributed by atoms with Gasteiger partial charge in [0.25, 0.3) is 0 Å². The smallest absolute Gasteiger partial charge is 0.309 e. The Morgan fingerprint density at radius 2 is 2.38 bits per heavy atom. The Morgan fingerprint density at radius 1 is 1.56 bits per heavy atom. The molecule has 2 rings (SSSR count). The third kappa shape index (κ3) is 2.55. The SMILES string of the molecule is COC(=O)C(C)CN1C[C@@H]2CCCN[C@@H]2C1. The molecule has 4 nitrogen and oxygen atoms in total. The molecule has 4 heteroatoms. The van der Waals surface area contributed by atoms with Gasteiger partial charge in [-0.3, -0.25) is 4.79 Å². The number of carbonyl (C=O) groups is 1. The number of esters is 1. The maximum Gasteiger partial charge on any atom is 0.309 e. The highest BCUT2D eigenvalue weighted by atomic mass is 16.5. The lowest BCUT2D eigenvalue weighted by molar-refractivity contribution is -0.145. The predicted molar refractivity (Wildman–Crippen MR) is 62.1 cm³/mol. The number of methoxy groups -OCH3 is 1. The molecule has 0 saturated carbocycles. The zero-order valence-electron chi connectivity index (χ0n) is 10.2. The molecule has 0 amide bonds. The topological polar surface area (TPSA) is 41.6 Å².